The van der Waals surface area contributed by atoms with Gasteiger partial charge < -0.3 is 9.78 Å². The van der Waals surface area contributed by atoms with Crippen LogP contribution in [0.3, 0.4) is 0 Å². The molecule has 0 spiro atoms. The Morgan fingerprint density at radius 3 is 1.39 bits per heavy atom. The van der Waals surface area contributed by atoms with Crippen molar-refractivity contribution in [1.29, 1.82) is 0 Å². The molecule has 0 bridgehead atoms. The van der Waals surface area contributed by atoms with Gasteiger partial charge in [-0.15, -0.1) is 18.5 Å². The van der Waals surface area contributed by atoms with Crippen LogP contribution in [-0.4, -0.2) is 10.5 Å². The lowest BCUT2D eigenvalue weighted by molar-refractivity contribution is -0.136. The zero-order valence-corrected chi connectivity index (χ0v) is 18.8. The molecule has 4 nitrogen and oxygen atoms in total. The summed E-state index contributed by atoms with van der Waals surface area (Å²) in [6.07, 6.45) is 0. The van der Waals surface area contributed by atoms with E-state index >= 15 is 0 Å². The summed E-state index contributed by atoms with van der Waals surface area (Å²) in [5.41, 5.74) is 6.18. The van der Waals surface area contributed by atoms with E-state index in [0.717, 1.165) is 21.7 Å². The van der Waals surface area contributed by atoms with E-state index in [9.17, 15) is 10.5 Å². The number of hydrogen-bond donors (Lipinski definition) is 2. The number of fused-ring (bicyclic) bond motifs is 3. The molecule has 0 amide bonds. The van der Waals surface area contributed by atoms with Gasteiger partial charge in [0.05, 0.1) is 5.41 Å². The lowest BCUT2D eigenvalue weighted by Gasteiger charge is -2.34. The standard InChI is InChI=1S/C25H20O4P2/c26-28-21-11-9-15(13-23(21)30)25(16-10-12-22(29-27)24(31)14-16)19-7-3-1-5-17(19)18-6-2-4-8-20(18)25/h1-14,26-27H,30-31H2. The third kappa shape index (κ3) is 2.91. The molecule has 0 saturated heterocycles. The van der Waals surface area contributed by atoms with Crippen LogP contribution >= 0.6 is 18.5 Å². The molecular formula is C25H20O4P2. The van der Waals surface area contributed by atoms with E-state index in [1.165, 1.54) is 22.3 Å². The zero-order valence-electron chi connectivity index (χ0n) is 16.4. The highest BCUT2D eigenvalue weighted by atomic mass is 31.0. The molecule has 0 fully saturated rings. The highest BCUT2D eigenvalue weighted by Gasteiger charge is 2.46. The third-order valence-electron chi connectivity index (χ3n) is 6.03. The van der Waals surface area contributed by atoms with Crippen molar-refractivity contribution in [2.75, 3.05) is 0 Å². The van der Waals surface area contributed by atoms with Gasteiger partial charge in [0, 0.05) is 10.6 Å². The maximum atomic E-state index is 9.21. The van der Waals surface area contributed by atoms with E-state index in [4.69, 9.17) is 0 Å². The number of rotatable bonds is 4. The number of hydrogen-bond acceptors (Lipinski definition) is 4. The Morgan fingerprint density at radius 2 is 1.00 bits per heavy atom. The quantitative estimate of drug-likeness (QED) is 0.238. The van der Waals surface area contributed by atoms with E-state index < -0.39 is 5.41 Å². The average Bonchev–Trinajstić information content (AvgIpc) is 3.10. The summed E-state index contributed by atoms with van der Waals surface area (Å²) >= 11 is 0. The zero-order chi connectivity index (χ0) is 21.6. The van der Waals surface area contributed by atoms with Gasteiger partial charge in [-0.3, -0.25) is 0 Å². The first-order valence-electron chi connectivity index (χ1n) is 9.73. The fourth-order valence-electron chi connectivity index (χ4n) is 4.75. The molecule has 1 aliphatic rings. The topological polar surface area (TPSA) is 58.9 Å². The molecule has 2 atom stereocenters. The molecular weight excluding hydrogens is 426 g/mol. The molecule has 0 radical (unpaired) electrons. The Bertz CT molecular complexity index is 1200. The second-order valence-corrected chi connectivity index (χ2v) is 8.77. The third-order valence-corrected chi connectivity index (χ3v) is 6.94. The Hall–Kier alpha value is -2.74. The predicted molar refractivity (Wildman–Crippen MR) is 129 cm³/mol. The molecule has 0 aromatic heterocycles. The molecule has 0 aliphatic heterocycles. The smallest absolute Gasteiger partial charge is 0.172 e. The lowest BCUT2D eigenvalue weighted by atomic mass is 9.67. The SMILES string of the molecule is OOc1ccc(C2(c3ccc(OO)c(P)c3)c3ccccc3-c3ccccc32)cc1P. The molecule has 0 saturated carbocycles. The van der Waals surface area contributed by atoms with Gasteiger partial charge in [0.25, 0.3) is 0 Å². The van der Waals surface area contributed by atoms with Crippen LogP contribution in [0.2, 0.25) is 0 Å². The minimum absolute atomic E-state index is 0.388. The summed E-state index contributed by atoms with van der Waals surface area (Å²) < 4.78 is 0. The summed E-state index contributed by atoms with van der Waals surface area (Å²) in [6, 6.07) is 28.4. The molecule has 1 aliphatic carbocycles. The maximum absolute atomic E-state index is 9.21. The largest absolute Gasteiger partial charge is 0.340 e. The van der Waals surface area contributed by atoms with E-state index in [1.54, 1.807) is 12.1 Å². The molecule has 6 heteroatoms. The van der Waals surface area contributed by atoms with Crippen LogP contribution in [0.5, 0.6) is 11.5 Å². The summed E-state index contributed by atoms with van der Waals surface area (Å²) in [7, 11) is 5.26. The normalized spacial score (nSPS) is 13.4. The molecule has 0 heterocycles. The fraction of sp³-hybridized carbons (Fsp3) is 0.0400. The van der Waals surface area contributed by atoms with Crippen molar-refractivity contribution in [3.05, 3.63) is 107 Å². The Balaban J connectivity index is 1.92. The van der Waals surface area contributed by atoms with Crippen molar-refractivity contribution < 1.29 is 20.3 Å². The molecule has 2 unspecified atom stereocenters. The van der Waals surface area contributed by atoms with Crippen LogP contribution in [0.25, 0.3) is 11.1 Å². The number of benzene rings is 4. The minimum atomic E-state index is -0.591. The van der Waals surface area contributed by atoms with Crippen molar-refractivity contribution in [3.63, 3.8) is 0 Å². The second kappa shape index (κ2) is 7.75. The first-order valence-corrected chi connectivity index (χ1v) is 10.9. The lowest BCUT2D eigenvalue weighted by Crippen LogP contribution is -2.30. The second-order valence-electron chi connectivity index (χ2n) is 7.53. The van der Waals surface area contributed by atoms with Gasteiger partial charge in [-0.2, -0.15) is 0 Å². The maximum Gasteiger partial charge on any atom is 0.172 e. The Kier molecular flexibility index (Phi) is 5.04. The predicted octanol–water partition coefficient (Wildman–Crippen LogP) is 4.75. The molecule has 4 aromatic rings. The van der Waals surface area contributed by atoms with Gasteiger partial charge in [0.2, 0.25) is 0 Å². The van der Waals surface area contributed by atoms with Gasteiger partial charge in [-0.1, -0.05) is 60.7 Å². The van der Waals surface area contributed by atoms with E-state index in [0.29, 0.717) is 11.5 Å². The minimum Gasteiger partial charge on any atom is -0.340 e. The van der Waals surface area contributed by atoms with Crippen molar-refractivity contribution in [1.82, 2.24) is 0 Å². The van der Waals surface area contributed by atoms with Crippen LogP contribution in [0.1, 0.15) is 22.3 Å². The molecule has 154 valence electrons. The van der Waals surface area contributed by atoms with Crippen LogP contribution in [-0.2, 0) is 5.41 Å². The van der Waals surface area contributed by atoms with Gasteiger partial charge in [0.1, 0.15) is 0 Å². The molecule has 31 heavy (non-hydrogen) atoms. The molecule has 5 rings (SSSR count). The van der Waals surface area contributed by atoms with Crippen molar-refractivity contribution in [2.24, 2.45) is 0 Å². The van der Waals surface area contributed by atoms with Crippen LogP contribution < -0.4 is 20.4 Å². The van der Waals surface area contributed by atoms with E-state index in [1.807, 2.05) is 24.3 Å². The van der Waals surface area contributed by atoms with Crippen molar-refractivity contribution >= 4 is 29.1 Å². The first kappa shape index (κ1) is 20.2. The van der Waals surface area contributed by atoms with E-state index in [-0.39, 0.29) is 0 Å². The van der Waals surface area contributed by atoms with Gasteiger partial charge in [0.15, 0.2) is 11.5 Å². The average molecular weight is 446 g/mol. The van der Waals surface area contributed by atoms with Crippen LogP contribution in [0, 0.1) is 0 Å². The molecule has 4 aromatic carbocycles. The van der Waals surface area contributed by atoms with Crippen molar-refractivity contribution in [2.45, 2.75) is 5.41 Å². The van der Waals surface area contributed by atoms with E-state index in [2.05, 4.69) is 76.8 Å². The highest BCUT2D eigenvalue weighted by molar-refractivity contribution is 7.28. The van der Waals surface area contributed by atoms with Crippen molar-refractivity contribution in [3.8, 4) is 22.6 Å². The summed E-state index contributed by atoms with van der Waals surface area (Å²) in [4.78, 5) is 9.04. The van der Waals surface area contributed by atoms with Crippen LogP contribution in [0.4, 0.5) is 0 Å². The first-order chi connectivity index (χ1) is 15.1. The monoisotopic (exact) mass is 446 g/mol. The van der Waals surface area contributed by atoms with Crippen LogP contribution in [0.15, 0.2) is 84.9 Å². The van der Waals surface area contributed by atoms with Gasteiger partial charge in [-0.25, -0.2) is 10.5 Å². The van der Waals surface area contributed by atoms with Gasteiger partial charge >= 0.3 is 0 Å². The Labute approximate surface area is 184 Å². The summed E-state index contributed by atoms with van der Waals surface area (Å²) in [5.74, 6) is 0.776. The Morgan fingerprint density at radius 1 is 0.581 bits per heavy atom. The molecule has 2 N–H and O–H groups in total. The summed E-state index contributed by atoms with van der Waals surface area (Å²) in [5, 5.41) is 19.9. The van der Waals surface area contributed by atoms with Gasteiger partial charge in [-0.05, 0) is 57.6 Å². The highest BCUT2D eigenvalue weighted by Crippen LogP contribution is 2.56. The summed E-state index contributed by atoms with van der Waals surface area (Å²) in [6.45, 7) is 0. The fourth-order valence-corrected chi connectivity index (χ4v) is 5.41.